The van der Waals surface area contributed by atoms with E-state index in [4.69, 9.17) is 9.47 Å². The zero-order valence-electron chi connectivity index (χ0n) is 13.2. The molecule has 118 valence electrons. The van der Waals surface area contributed by atoms with Gasteiger partial charge in [-0.3, -0.25) is 4.79 Å². The maximum Gasteiger partial charge on any atom is 0.329 e. The third kappa shape index (κ3) is 2.98. The zero-order chi connectivity index (χ0) is 16.1. The number of aromatic nitrogens is 1. The van der Waals surface area contributed by atoms with Crippen LogP contribution < -0.4 is 4.74 Å². The van der Waals surface area contributed by atoms with Crippen LogP contribution in [0.4, 0.5) is 0 Å². The average molecular weight is 303 g/mol. The van der Waals surface area contributed by atoms with Gasteiger partial charge < -0.3 is 14.0 Å². The second-order valence-corrected chi connectivity index (χ2v) is 5.08. The second-order valence-electron chi connectivity index (χ2n) is 5.08. The largest absolute Gasteiger partial charge is 0.497 e. The van der Waals surface area contributed by atoms with Gasteiger partial charge in [0, 0.05) is 22.7 Å². The summed E-state index contributed by atoms with van der Waals surface area (Å²) < 4.78 is 12.3. The summed E-state index contributed by atoms with van der Waals surface area (Å²) >= 11 is 0. The van der Waals surface area contributed by atoms with Crippen LogP contribution in [0.2, 0.25) is 0 Å². The van der Waals surface area contributed by atoms with E-state index in [2.05, 4.69) is 0 Å². The van der Waals surface area contributed by atoms with Gasteiger partial charge in [-0.15, -0.1) is 0 Å². The number of rotatable bonds is 7. The van der Waals surface area contributed by atoms with E-state index in [0.717, 1.165) is 23.6 Å². The van der Waals surface area contributed by atoms with E-state index in [-0.39, 0.29) is 5.97 Å². The normalized spacial score (nSPS) is 12.1. The van der Waals surface area contributed by atoms with E-state index in [1.807, 2.05) is 30.5 Å². The first-order valence-electron chi connectivity index (χ1n) is 7.46. The Kier molecular flexibility index (Phi) is 5.20. The van der Waals surface area contributed by atoms with Crippen LogP contribution in [0.1, 0.15) is 43.1 Å². The lowest BCUT2D eigenvalue weighted by Gasteiger charge is -2.17. The van der Waals surface area contributed by atoms with Crippen LogP contribution >= 0.6 is 0 Å². The number of esters is 1. The molecule has 1 unspecified atom stereocenters. The van der Waals surface area contributed by atoms with Gasteiger partial charge >= 0.3 is 5.97 Å². The standard InChI is InChI=1S/C17H21NO4/c1-4-8-22-17(20)15(5-2)18-10-12(11-19)14-9-13(21-3)6-7-16(14)18/h6-7,9-11,15H,4-5,8H2,1-3H3. The molecule has 22 heavy (non-hydrogen) atoms. The van der Waals surface area contributed by atoms with Crippen LogP contribution in [0.5, 0.6) is 5.75 Å². The zero-order valence-corrected chi connectivity index (χ0v) is 13.2. The first-order valence-corrected chi connectivity index (χ1v) is 7.46. The van der Waals surface area contributed by atoms with Crippen molar-refractivity contribution < 1.29 is 19.1 Å². The molecule has 2 rings (SSSR count). The smallest absolute Gasteiger partial charge is 0.329 e. The average Bonchev–Trinajstić information content (AvgIpc) is 2.91. The molecule has 0 bridgehead atoms. The number of methoxy groups -OCH3 is 1. The molecule has 1 aromatic carbocycles. The van der Waals surface area contributed by atoms with Crippen LogP contribution in [0, 0.1) is 0 Å². The minimum absolute atomic E-state index is 0.269. The van der Waals surface area contributed by atoms with Gasteiger partial charge in [0.25, 0.3) is 0 Å². The van der Waals surface area contributed by atoms with Crippen LogP contribution in [-0.4, -0.2) is 30.5 Å². The lowest BCUT2D eigenvalue weighted by molar-refractivity contribution is -0.147. The molecular weight excluding hydrogens is 282 g/mol. The Balaban J connectivity index is 2.49. The summed E-state index contributed by atoms with van der Waals surface area (Å²) in [7, 11) is 1.58. The minimum Gasteiger partial charge on any atom is -0.497 e. The molecule has 0 amide bonds. The summed E-state index contributed by atoms with van der Waals surface area (Å²) in [4.78, 5) is 23.6. The number of aldehydes is 1. The molecule has 0 spiro atoms. The van der Waals surface area contributed by atoms with E-state index < -0.39 is 6.04 Å². The molecule has 5 nitrogen and oxygen atoms in total. The Labute approximate surface area is 129 Å². The molecule has 0 fully saturated rings. The second kappa shape index (κ2) is 7.11. The van der Waals surface area contributed by atoms with Gasteiger partial charge in [-0.25, -0.2) is 4.79 Å². The number of hydrogen-bond donors (Lipinski definition) is 0. The number of fused-ring (bicyclic) bond motifs is 1. The van der Waals surface area contributed by atoms with Gasteiger partial charge in [0.15, 0.2) is 6.29 Å². The third-order valence-corrected chi connectivity index (χ3v) is 3.64. The summed E-state index contributed by atoms with van der Waals surface area (Å²) in [6.45, 7) is 4.28. The van der Waals surface area contributed by atoms with E-state index in [9.17, 15) is 9.59 Å². The maximum atomic E-state index is 12.2. The summed E-state index contributed by atoms with van der Waals surface area (Å²) in [6.07, 6.45) is 3.88. The van der Waals surface area contributed by atoms with Crippen molar-refractivity contribution in [3.8, 4) is 5.75 Å². The number of ether oxygens (including phenoxy) is 2. The van der Waals surface area contributed by atoms with Gasteiger partial charge in [-0.1, -0.05) is 13.8 Å². The van der Waals surface area contributed by atoms with E-state index in [1.54, 1.807) is 19.4 Å². The topological polar surface area (TPSA) is 57.5 Å². The predicted molar refractivity (Wildman–Crippen MR) is 84.5 cm³/mol. The first kappa shape index (κ1) is 16.1. The lowest BCUT2D eigenvalue weighted by Crippen LogP contribution is -2.21. The lowest BCUT2D eigenvalue weighted by atomic mass is 10.2. The molecular formula is C17H21NO4. The molecule has 1 heterocycles. The maximum absolute atomic E-state index is 12.2. The predicted octanol–water partition coefficient (Wildman–Crippen LogP) is 3.37. The fourth-order valence-corrected chi connectivity index (χ4v) is 2.51. The number of benzene rings is 1. The van der Waals surface area contributed by atoms with Gasteiger partial charge in [-0.05, 0) is 31.0 Å². The van der Waals surface area contributed by atoms with Crippen molar-refractivity contribution in [2.24, 2.45) is 0 Å². The SMILES string of the molecule is CCCOC(=O)C(CC)n1cc(C=O)c2cc(OC)ccc21. The molecule has 0 aliphatic heterocycles. The Morgan fingerprint density at radius 2 is 2.14 bits per heavy atom. The van der Waals surface area contributed by atoms with Crippen molar-refractivity contribution in [1.82, 2.24) is 4.57 Å². The highest BCUT2D eigenvalue weighted by atomic mass is 16.5. The van der Waals surface area contributed by atoms with Crippen LogP contribution in [0.3, 0.4) is 0 Å². The van der Waals surface area contributed by atoms with Crippen molar-refractivity contribution in [2.75, 3.05) is 13.7 Å². The Morgan fingerprint density at radius 1 is 1.36 bits per heavy atom. The van der Waals surface area contributed by atoms with Crippen LogP contribution in [0.25, 0.3) is 10.9 Å². The highest BCUT2D eigenvalue weighted by Gasteiger charge is 2.23. The monoisotopic (exact) mass is 303 g/mol. The molecule has 0 aliphatic carbocycles. The molecule has 1 aromatic heterocycles. The molecule has 0 saturated carbocycles. The Hall–Kier alpha value is -2.30. The third-order valence-electron chi connectivity index (χ3n) is 3.64. The Morgan fingerprint density at radius 3 is 2.73 bits per heavy atom. The van der Waals surface area contributed by atoms with Gasteiger partial charge in [0.2, 0.25) is 0 Å². The van der Waals surface area contributed by atoms with Crippen molar-refractivity contribution in [1.29, 1.82) is 0 Å². The highest BCUT2D eigenvalue weighted by Crippen LogP contribution is 2.29. The number of hydrogen-bond acceptors (Lipinski definition) is 4. The van der Waals surface area contributed by atoms with Gasteiger partial charge in [-0.2, -0.15) is 0 Å². The van der Waals surface area contributed by atoms with Crippen LogP contribution in [-0.2, 0) is 9.53 Å². The minimum atomic E-state index is -0.434. The van der Waals surface area contributed by atoms with E-state index >= 15 is 0 Å². The van der Waals surface area contributed by atoms with Crippen molar-refractivity contribution in [3.05, 3.63) is 30.0 Å². The van der Waals surface area contributed by atoms with E-state index in [1.165, 1.54) is 0 Å². The molecule has 5 heteroatoms. The van der Waals surface area contributed by atoms with Gasteiger partial charge in [0.05, 0.1) is 13.7 Å². The number of nitrogens with zero attached hydrogens (tertiary/aromatic N) is 1. The van der Waals surface area contributed by atoms with E-state index in [0.29, 0.717) is 24.3 Å². The molecule has 2 aromatic rings. The van der Waals surface area contributed by atoms with Crippen molar-refractivity contribution in [2.45, 2.75) is 32.7 Å². The molecule has 0 radical (unpaired) electrons. The summed E-state index contributed by atoms with van der Waals surface area (Å²) in [5.41, 5.74) is 1.36. The molecule has 1 atom stereocenters. The molecule has 0 aliphatic rings. The van der Waals surface area contributed by atoms with Crippen molar-refractivity contribution >= 4 is 23.2 Å². The molecule has 0 saturated heterocycles. The van der Waals surface area contributed by atoms with Crippen molar-refractivity contribution in [3.63, 3.8) is 0 Å². The number of carbonyl (C=O) groups is 2. The quantitative estimate of drug-likeness (QED) is 0.581. The summed E-state index contributed by atoms with van der Waals surface area (Å²) in [5.74, 6) is 0.407. The fraction of sp³-hybridized carbons (Fsp3) is 0.412. The van der Waals surface area contributed by atoms with Crippen LogP contribution in [0.15, 0.2) is 24.4 Å². The summed E-state index contributed by atoms with van der Waals surface area (Å²) in [6, 6.07) is 5.05. The fourth-order valence-electron chi connectivity index (χ4n) is 2.51. The molecule has 0 N–H and O–H groups in total. The Bertz CT molecular complexity index is 675. The first-order chi connectivity index (χ1) is 10.7. The highest BCUT2D eigenvalue weighted by molar-refractivity contribution is 5.99. The van der Waals surface area contributed by atoms with Gasteiger partial charge in [0.1, 0.15) is 11.8 Å². The number of carbonyl (C=O) groups excluding carboxylic acids is 2. The summed E-state index contributed by atoms with van der Waals surface area (Å²) in [5, 5.41) is 0.774.